The summed E-state index contributed by atoms with van der Waals surface area (Å²) in [6.07, 6.45) is 0. The van der Waals surface area contributed by atoms with Crippen molar-refractivity contribution in [1.29, 1.82) is 0 Å². The minimum atomic E-state index is -0.431. The molecule has 0 saturated heterocycles. The Labute approximate surface area is 212 Å². The highest BCUT2D eigenvalue weighted by molar-refractivity contribution is 9.10. The van der Waals surface area contributed by atoms with E-state index >= 15 is 0 Å². The van der Waals surface area contributed by atoms with Crippen LogP contribution in [0.2, 0.25) is 0 Å². The number of aryl methyl sites for hydroxylation is 1. The Morgan fingerprint density at radius 3 is 2.38 bits per heavy atom. The van der Waals surface area contributed by atoms with Gasteiger partial charge < -0.3 is 20.1 Å². The zero-order chi connectivity index (χ0) is 24.5. The van der Waals surface area contributed by atoms with Crippen molar-refractivity contribution in [2.24, 2.45) is 0 Å². The van der Waals surface area contributed by atoms with Gasteiger partial charge in [0.05, 0.1) is 12.2 Å². The van der Waals surface area contributed by atoms with E-state index in [4.69, 9.17) is 21.7 Å². The molecule has 0 aliphatic rings. The molecular formula is C25H24BrN3O4S. The first-order valence-corrected chi connectivity index (χ1v) is 11.6. The smallest absolute Gasteiger partial charge is 0.261 e. The fraction of sp³-hybridized carbons (Fsp3) is 0.160. The fourth-order valence-electron chi connectivity index (χ4n) is 3.04. The van der Waals surface area contributed by atoms with Gasteiger partial charge in [-0.2, -0.15) is 0 Å². The van der Waals surface area contributed by atoms with Crippen molar-refractivity contribution in [2.45, 2.75) is 6.92 Å². The van der Waals surface area contributed by atoms with Crippen molar-refractivity contribution in [3.63, 3.8) is 0 Å². The number of thiocarbonyl (C=S) groups is 1. The second kappa shape index (κ2) is 12.3. The highest BCUT2D eigenvalue weighted by atomic mass is 79.9. The van der Waals surface area contributed by atoms with Gasteiger partial charge in [0.2, 0.25) is 0 Å². The number of anilines is 2. The van der Waals surface area contributed by atoms with Crippen molar-refractivity contribution < 1.29 is 19.1 Å². The largest absolute Gasteiger partial charge is 0.490 e. The molecule has 0 fully saturated rings. The zero-order valence-corrected chi connectivity index (χ0v) is 21.1. The topological polar surface area (TPSA) is 88.7 Å². The van der Waals surface area contributed by atoms with Gasteiger partial charge in [-0.25, -0.2) is 0 Å². The molecule has 3 aromatic rings. The molecule has 0 saturated carbocycles. The first kappa shape index (κ1) is 25.4. The van der Waals surface area contributed by atoms with Crippen molar-refractivity contribution in [1.82, 2.24) is 5.32 Å². The number of nitrogens with one attached hydrogen (secondary N) is 3. The summed E-state index contributed by atoms with van der Waals surface area (Å²) < 4.78 is 11.4. The van der Waals surface area contributed by atoms with E-state index in [1.54, 1.807) is 49.6 Å². The summed E-state index contributed by atoms with van der Waals surface area (Å²) >= 11 is 8.68. The molecule has 0 radical (unpaired) electrons. The Bertz CT molecular complexity index is 1200. The average molecular weight is 542 g/mol. The van der Waals surface area contributed by atoms with E-state index < -0.39 is 5.91 Å². The lowest BCUT2D eigenvalue weighted by atomic mass is 10.1. The molecule has 9 heteroatoms. The lowest BCUT2D eigenvalue weighted by molar-refractivity contribution is 0.0968. The number of carbonyl (C=O) groups is 2. The van der Waals surface area contributed by atoms with Crippen LogP contribution in [0, 0.1) is 6.92 Å². The number of rotatable bonds is 8. The molecule has 176 valence electrons. The standard InChI is InChI=1S/C25H24BrN3O4S/c1-16-5-3-7-19(13-16)27-23(30)17-6-4-8-20(14-17)28-25(34)29-24(31)21-15-18(26)9-10-22(21)33-12-11-32-2/h3-10,13-15H,11-12H2,1-2H3,(H,27,30)(H2,28,29,31,34). The molecule has 34 heavy (non-hydrogen) atoms. The van der Waals surface area contributed by atoms with Crippen molar-refractivity contribution in [2.75, 3.05) is 31.0 Å². The lowest BCUT2D eigenvalue weighted by Gasteiger charge is -2.14. The predicted molar refractivity (Wildman–Crippen MR) is 141 cm³/mol. The van der Waals surface area contributed by atoms with Crippen LogP contribution >= 0.6 is 28.1 Å². The number of halogens is 1. The molecule has 0 unspecified atom stereocenters. The number of methoxy groups -OCH3 is 1. The van der Waals surface area contributed by atoms with E-state index in [1.165, 1.54) is 0 Å². The van der Waals surface area contributed by atoms with Gasteiger partial charge in [-0.3, -0.25) is 14.9 Å². The molecule has 2 amide bonds. The highest BCUT2D eigenvalue weighted by Gasteiger charge is 2.15. The van der Waals surface area contributed by atoms with Gasteiger partial charge in [-0.05, 0) is 73.2 Å². The molecule has 0 heterocycles. The Morgan fingerprint density at radius 2 is 1.65 bits per heavy atom. The maximum Gasteiger partial charge on any atom is 0.261 e. The zero-order valence-electron chi connectivity index (χ0n) is 18.7. The number of hydrogen-bond donors (Lipinski definition) is 3. The number of carbonyl (C=O) groups excluding carboxylic acids is 2. The van der Waals surface area contributed by atoms with Crippen LogP contribution in [-0.2, 0) is 4.74 Å². The van der Waals surface area contributed by atoms with Crippen LogP contribution in [0.3, 0.4) is 0 Å². The summed E-state index contributed by atoms with van der Waals surface area (Å²) in [6.45, 7) is 2.65. The Kier molecular flexibility index (Phi) is 9.15. The third-order valence-corrected chi connectivity index (χ3v) is 5.31. The van der Waals surface area contributed by atoms with Gasteiger partial charge in [0.15, 0.2) is 5.11 Å². The van der Waals surface area contributed by atoms with Gasteiger partial charge in [0, 0.05) is 28.5 Å². The summed E-state index contributed by atoms with van der Waals surface area (Å²) in [5.74, 6) is -0.272. The molecule has 0 atom stereocenters. The van der Waals surface area contributed by atoms with Crippen LogP contribution in [0.15, 0.2) is 71.2 Å². The lowest BCUT2D eigenvalue weighted by Crippen LogP contribution is -2.34. The molecular weight excluding hydrogens is 518 g/mol. The minimum Gasteiger partial charge on any atom is -0.490 e. The van der Waals surface area contributed by atoms with Gasteiger partial charge in [-0.15, -0.1) is 0 Å². The monoisotopic (exact) mass is 541 g/mol. The number of hydrogen-bond acceptors (Lipinski definition) is 5. The van der Waals surface area contributed by atoms with E-state index in [0.29, 0.717) is 41.5 Å². The summed E-state index contributed by atoms with van der Waals surface area (Å²) in [7, 11) is 1.57. The van der Waals surface area contributed by atoms with Crippen molar-refractivity contribution in [3.8, 4) is 5.75 Å². The van der Waals surface area contributed by atoms with Crippen LogP contribution in [-0.4, -0.2) is 37.3 Å². The number of ether oxygens (including phenoxy) is 2. The second-order valence-electron chi connectivity index (χ2n) is 7.29. The maximum atomic E-state index is 12.8. The van der Waals surface area contributed by atoms with Gasteiger partial charge in [0.25, 0.3) is 11.8 Å². The van der Waals surface area contributed by atoms with Crippen LogP contribution < -0.4 is 20.7 Å². The molecule has 7 nitrogen and oxygen atoms in total. The van der Waals surface area contributed by atoms with E-state index in [9.17, 15) is 9.59 Å². The molecule has 0 spiro atoms. The molecule has 0 aliphatic carbocycles. The molecule has 0 aromatic heterocycles. The maximum absolute atomic E-state index is 12.8. The molecule has 3 rings (SSSR count). The third-order valence-electron chi connectivity index (χ3n) is 4.62. The van der Waals surface area contributed by atoms with Crippen LogP contribution in [0.5, 0.6) is 5.75 Å². The first-order chi connectivity index (χ1) is 16.4. The molecule has 0 bridgehead atoms. The quantitative estimate of drug-likeness (QED) is 0.269. The number of benzene rings is 3. The van der Waals surface area contributed by atoms with Gasteiger partial charge >= 0.3 is 0 Å². The minimum absolute atomic E-state index is 0.0871. The normalized spacial score (nSPS) is 10.3. The average Bonchev–Trinajstić information content (AvgIpc) is 2.80. The molecule has 3 aromatic carbocycles. The fourth-order valence-corrected chi connectivity index (χ4v) is 3.61. The highest BCUT2D eigenvalue weighted by Crippen LogP contribution is 2.23. The summed E-state index contributed by atoms with van der Waals surface area (Å²) in [6, 6.07) is 19.5. The Hall–Kier alpha value is -3.27. The second-order valence-corrected chi connectivity index (χ2v) is 8.62. The summed E-state index contributed by atoms with van der Waals surface area (Å²) in [5.41, 5.74) is 3.09. The van der Waals surface area contributed by atoms with E-state index in [-0.39, 0.29) is 11.0 Å². The van der Waals surface area contributed by atoms with Crippen LogP contribution in [0.1, 0.15) is 26.3 Å². The Morgan fingerprint density at radius 1 is 0.912 bits per heavy atom. The summed E-state index contributed by atoms with van der Waals surface area (Å²) in [5, 5.41) is 8.55. The van der Waals surface area contributed by atoms with Crippen molar-refractivity contribution >= 4 is 56.4 Å². The number of amides is 2. The molecule has 0 aliphatic heterocycles. The predicted octanol–water partition coefficient (Wildman–Crippen LogP) is 5.16. The van der Waals surface area contributed by atoms with E-state index in [2.05, 4.69) is 31.9 Å². The van der Waals surface area contributed by atoms with Crippen molar-refractivity contribution in [3.05, 3.63) is 87.9 Å². The Balaban J connectivity index is 1.65. The van der Waals surface area contributed by atoms with Gasteiger partial charge in [0.1, 0.15) is 12.4 Å². The first-order valence-electron chi connectivity index (χ1n) is 10.4. The third kappa shape index (κ3) is 7.38. The SMILES string of the molecule is COCCOc1ccc(Br)cc1C(=O)NC(=S)Nc1cccc(C(=O)Nc2cccc(C)c2)c1. The van der Waals surface area contributed by atoms with Crippen LogP contribution in [0.4, 0.5) is 11.4 Å². The van der Waals surface area contributed by atoms with Crippen LogP contribution in [0.25, 0.3) is 0 Å². The van der Waals surface area contributed by atoms with E-state index in [0.717, 1.165) is 10.0 Å². The van der Waals surface area contributed by atoms with Gasteiger partial charge in [-0.1, -0.05) is 34.1 Å². The summed E-state index contributed by atoms with van der Waals surface area (Å²) in [4.78, 5) is 25.5. The molecule has 3 N–H and O–H groups in total. The van der Waals surface area contributed by atoms with E-state index in [1.807, 2.05) is 31.2 Å².